The van der Waals surface area contributed by atoms with E-state index in [4.69, 9.17) is 10.6 Å². The molecule has 0 aromatic carbocycles. The fourth-order valence-electron chi connectivity index (χ4n) is 1.35. The molecule has 0 atom stereocenters. The highest BCUT2D eigenvalue weighted by atomic mass is 16.5. The summed E-state index contributed by atoms with van der Waals surface area (Å²) < 4.78 is 6.99. The number of nitrogens with zero attached hydrogens (tertiary/aromatic N) is 2. The third-order valence-corrected chi connectivity index (χ3v) is 1.99. The van der Waals surface area contributed by atoms with E-state index in [9.17, 15) is 4.79 Å². The summed E-state index contributed by atoms with van der Waals surface area (Å²) in [5, 5.41) is 0. The number of aromatic nitrogens is 2. The minimum Gasteiger partial charge on any atom is -0.372 e. The van der Waals surface area contributed by atoms with Gasteiger partial charge < -0.3 is 9.30 Å². The van der Waals surface area contributed by atoms with Crippen LogP contribution in [-0.4, -0.2) is 22.1 Å². The SMILES string of the molecule is NNC(=O)c1cnc2n1CCOC2. The quantitative estimate of drug-likeness (QED) is 0.332. The molecule has 0 bridgehead atoms. The number of hydrogen-bond acceptors (Lipinski definition) is 4. The Morgan fingerprint density at radius 3 is 3.38 bits per heavy atom. The number of fused-ring (bicyclic) bond motifs is 1. The van der Waals surface area contributed by atoms with Crippen molar-refractivity contribution in [3.8, 4) is 0 Å². The highest BCUT2D eigenvalue weighted by Crippen LogP contribution is 2.10. The summed E-state index contributed by atoms with van der Waals surface area (Å²) in [7, 11) is 0. The first-order valence-corrected chi connectivity index (χ1v) is 3.96. The standard InChI is InChI=1S/C7H10N4O2/c8-10-7(12)5-3-9-6-4-13-2-1-11(5)6/h3H,1-2,4,8H2,(H,10,12). The molecule has 1 aliphatic rings. The maximum atomic E-state index is 11.2. The molecule has 0 unspecified atom stereocenters. The van der Waals surface area contributed by atoms with Gasteiger partial charge in [0.05, 0.1) is 12.8 Å². The summed E-state index contributed by atoms with van der Waals surface area (Å²) in [6.45, 7) is 1.71. The zero-order valence-corrected chi connectivity index (χ0v) is 6.99. The number of carbonyl (C=O) groups excluding carboxylic acids is 1. The van der Waals surface area contributed by atoms with E-state index in [0.29, 0.717) is 25.5 Å². The van der Waals surface area contributed by atoms with Crippen molar-refractivity contribution >= 4 is 5.91 Å². The Balaban J connectivity index is 2.36. The number of hydrazine groups is 1. The molecule has 6 nitrogen and oxygen atoms in total. The van der Waals surface area contributed by atoms with Gasteiger partial charge in [0.25, 0.3) is 5.91 Å². The molecule has 0 saturated carbocycles. The van der Waals surface area contributed by atoms with Crippen molar-refractivity contribution in [2.75, 3.05) is 6.61 Å². The van der Waals surface area contributed by atoms with E-state index in [0.717, 1.165) is 5.82 Å². The summed E-state index contributed by atoms with van der Waals surface area (Å²) in [5.41, 5.74) is 2.56. The van der Waals surface area contributed by atoms with Gasteiger partial charge in [0, 0.05) is 6.54 Å². The molecule has 1 amide bonds. The summed E-state index contributed by atoms with van der Waals surface area (Å²) in [5.74, 6) is 5.47. The van der Waals surface area contributed by atoms with Crippen molar-refractivity contribution in [3.63, 3.8) is 0 Å². The average molecular weight is 182 g/mol. The molecule has 0 spiro atoms. The molecule has 1 aliphatic heterocycles. The highest BCUT2D eigenvalue weighted by Gasteiger charge is 2.18. The third kappa shape index (κ3) is 1.30. The average Bonchev–Trinajstić information content (AvgIpc) is 2.60. The van der Waals surface area contributed by atoms with Gasteiger partial charge in [0.1, 0.15) is 18.1 Å². The lowest BCUT2D eigenvalue weighted by molar-refractivity contribution is 0.0779. The lowest BCUT2D eigenvalue weighted by Crippen LogP contribution is -2.33. The summed E-state index contributed by atoms with van der Waals surface area (Å²) in [6, 6.07) is 0. The van der Waals surface area contributed by atoms with Crippen molar-refractivity contribution in [2.24, 2.45) is 5.84 Å². The smallest absolute Gasteiger partial charge is 0.283 e. The van der Waals surface area contributed by atoms with Crippen LogP contribution < -0.4 is 11.3 Å². The maximum Gasteiger partial charge on any atom is 0.283 e. The molecule has 1 aromatic rings. The minimum atomic E-state index is -0.319. The van der Waals surface area contributed by atoms with Crippen molar-refractivity contribution in [1.82, 2.24) is 15.0 Å². The number of nitrogens with two attached hydrogens (primary N) is 1. The number of amides is 1. The molecule has 0 fully saturated rings. The molecule has 13 heavy (non-hydrogen) atoms. The second kappa shape index (κ2) is 3.15. The van der Waals surface area contributed by atoms with Crippen LogP contribution in [0.3, 0.4) is 0 Å². The second-order valence-corrected chi connectivity index (χ2v) is 2.74. The highest BCUT2D eigenvalue weighted by molar-refractivity contribution is 5.92. The lowest BCUT2D eigenvalue weighted by atomic mass is 10.4. The predicted molar refractivity (Wildman–Crippen MR) is 43.5 cm³/mol. The van der Waals surface area contributed by atoms with Crippen molar-refractivity contribution in [1.29, 1.82) is 0 Å². The van der Waals surface area contributed by atoms with Gasteiger partial charge in [-0.15, -0.1) is 0 Å². The van der Waals surface area contributed by atoms with Crippen molar-refractivity contribution in [3.05, 3.63) is 17.7 Å². The van der Waals surface area contributed by atoms with Gasteiger partial charge in [-0.05, 0) is 0 Å². The van der Waals surface area contributed by atoms with E-state index in [1.165, 1.54) is 6.20 Å². The Kier molecular flexibility index (Phi) is 1.99. The Morgan fingerprint density at radius 2 is 2.62 bits per heavy atom. The fraction of sp³-hybridized carbons (Fsp3) is 0.429. The molecule has 3 N–H and O–H groups in total. The number of nitrogen functional groups attached to an aromatic ring is 1. The minimum absolute atomic E-state index is 0.319. The van der Waals surface area contributed by atoms with Gasteiger partial charge in [-0.25, -0.2) is 10.8 Å². The van der Waals surface area contributed by atoms with E-state index in [-0.39, 0.29) is 5.91 Å². The Labute approximate surface area is 74.7 Å². The first-order chi connectivity index (χ1) is 6.33. The molecule has 0 radical (unpaired) electrons. The monoisotopic (exact) mass is 182 g/mol. The summed E-state index contributed by atoms with van der Waals surface area (Å²) in [4.78, 5) is 15.3. The Bertz CT molecular complexity index is 333. The van der Waals surface area contributed by atoms with E-state index in [2.05, 4.69) is 10.4 Å². The molecule has 1 aromatic heterocycles. The first-order valence-electron chi connectivity index (χ1n) is 3.96. The number of rotatable bonds is 1. The molecule has 70 valence electrons. The number of hydrogen-bond donors (Lipinski definition) is 2. The molecule has 2 rings (SSSR count). The molecular formula is C7H10N4O2. The number of imidazole rings is 1. The van der Waals surface area contributed by atoms with E-state index >= 15 is 0 Å². The zero-order chi connectivity index (χ0) is 9.26. The number of nitrogens with one attached hydrogen (secondary N) is 1. The van der Waals surface area contributed by atoms with Crippen LogP contribution in [0.5, 0.6) is 0 Å². The van der Waals surface area contributed by atoms with Crippen LogP contribution in [0.2, 0.25) is 0 Å². The third-order valence-electron chi connectivity index (χ3n) is 1.99. The van der Waals surface area contributed by atoms with Gasteiger partial charge in [-0.2, -0.15) is 0 Å². The Morgan fingerprint density at radius 1 is 1.77 bits per heavy atom. The summed E-state index contributed by atoms with van der Waals surface area (Å²) >= 11 is 0. The maximum absolute atomic E-state index is 11.2. The zero-order valence-electron chi connectivity index (χ0n) is 6.99. The molecule has 2 heterocycles. The van der Waals surface area contributed by atoms with Crippen LogP contribution >= 0.6 is 0 Å². The van der Waals surface area contributed by atoms with Crippen molar-refractivity contribution in [2.45, 2.75) is 13.2 Å². The first kappa shape index (κ1) is 8.21. The normalized spacial score (nSPS) is 15.2. The van der Waals surface area contributed by atoms with Crippen LogP contribution in [0.1, 0.15) is 16.3 Å². The lowest BCUT2D eigenvalue weighted by Gasteiger charge is -2.15. The molecule has 6 heteroatoms. The van der Waals surface area contributed by atoms with Crippen LogP contribution in [0.25, 0.3) is 0 Å². The van der Waals surface area contributed by atoms with Crippen LogP contribution in [0.15, 0.2) is 6.20 Å². The van der Waals surface area contributed by atoms with E-state index < -0.39 is 0 Å². The molecular weight excluding hydrogens is 172 g/mol. The topological polar surface area (TPSA) is 82.2 Å². The predicted octanol–water partition coefficient (Wildman–Crippen LogP) is -0.983. The van der Waals surface area contributed by atoms with Gasteiger partial charge in [0.2, 0.25) is 0 Å². The molecule has 0 aliphatic carbocycles. The number of carbonyl (C=O) groups is 1. The van der Waals surface area contributed by atoms with Gasteiger partial charge >= 0.3 is 0 Å². The molecule has 0 saturated heterocycles. The summed E-state index contributed by atoms with van der Waals surface area (Å²) in [6.07, 6.45) is 1.51. The van der Waals surface area contributed by atoms with Gasteiger partial charge in [-0.3, -0.25) is 10.2 Å². The van der Waals surface area contributed by atoms with E-state index in [1.807, 2.05) is 4.57 Å². The van der Waals surface area contributed by atoms with Crippen LogP contribution in [0, 0.1) is 0 Å². The van der Waals surface area contributed by atoms with Crippen LogP contribution in [-0.2, 0) is 17.9 Å². The second-order valence-electron chi connectivity index (χ2n) is 2.74. The van der Waals surface area contributed by atoms with Gasteiger partial charge in [0.15, 0.2) is 0 Å². The Hall–Kier alpha value is -1.40. The van der Waals surface area contributed by atoms with Gasteiger partial charge in [-0.1, -0.05) is 0 Å². The largest absolute Gasteiger partial charge is 0.372 e. The fourth-order valence-corrected chi connectivity index (χ4v) is 1.35. The van der Waals surface area contributed by atoms with Crippen molar-refractivity contribution < 1.29 is 9.53 Å². The van der Waals surface area contributed by atoms with Crippen LogP contribution in [0.4, 0.5) is 0 Å². The van der Waals surface area contributed by atoms with E-state index in [1.54, 1.807) is 0 Å². The number of ether oxygens (including phenoxy) is 1.